The van der Waals surface area contributed by atoms with E-state index in [0.717, 1.165) is 56.8 Å². The summed E-state index contributed by atoms with van der Waals surface area (Å²) in [5, 5.41) is 1.30. The molecule has 49 heavy (non-hydrogen) atoms. The molecule has 0 aromatic heterocycles. The van der Waals surface area contributed by atoms with Gasteiger partial charge in [0.1, 0.15) is 0 Å². The summed E-state index contributed by atoms with van der Waals surface area (Å²) >= 11 is 12.3. The number of fused-ring (bicyclic) bond motifs is 3. The third-order valence-electron chi connectivity index (χ3n) is 11.6. The van der Waals surface area contributed by atoms with Gasteiger partial charge >= 0.3 is 0 Å². The third kappa shape index (κ3) is 8.31. The largest absolute Gasteiger partial charge is 0.493 e. The Labute approximate surface area is 303 Å². The first-order chi connectivity index (χ1) is 23.8. The zero-order valence-corrected chi connectivity index (χ0v) is 31.0. The fourth-order valence-electron chi connectivity index (χ4n) is 8.90. The smallest absolute Gasteiger partial charge is 0.166 e. The van der Waals surface area contributed by atoms with Crippen molar-refractivity contribution in [2.75, 3.05) is 47.6 Å². The number of halogens is 2. The van der Waals surface area contributed by atoms with Gasteiger partial charge in [-0.25, -0.2) is 0 Å². The average molecular weight is 708 g/mol. The van der Waals surface area contributed by atoms with Crippen LogP contribution in [-0.4, -0.2) is 75.2 Å². The SMILES string of the molecule is CCOC[C@@H]1[C@@H](c2ccc(Cl)c(Cl)c2)C[C@@H]2CC[C@H]1N2C.COc1cc2c(cc1OC)C(=O)C(CC1CCN(Cc3ccccc3)CC1)C2. The van der Waals surface area contributed by atoms with Crippen molar-refractivity contribution in [1.29, 1.82) is 0 Å². The molecule has 5 atom stereocenters. The molecule has 0 radical (unpaired) electrons. The fourth-order valence-corrected chi connectivity index (χ4v) is 9.20. The normalized spacial score (nSPS) is 25.5. The van der Waals surface area contributed by atoms with Gasteiger partial charge in [0.2, 0.25) is 0 Å². The Kier molecular flexibility index (Phi) is 12.3. The van der Waals surface area contributed by atoms with Crippen LogP contribution in [-0.2, 0) is 17.7 Å². The number of hydrogen-bond donors (Lipinski definition) is 0. The van der Waals surface area contributed by atoms with Crippen molar-refractivity contribution in [2.24, 2.45) is 17.8 Å². The number of piperidine rings is 2. The van der Waals surface area contributed by atoms with Crippen LogP contribution in [0.15, 0.2) is 60.7 Å². The van der Waals surface area contributed by atoms with Crippen LogP contribution in [0.25, 0.3) is 0 Å². The Hall–Kier alpha value is -2.61. The van der Waals surface area contributed by atoms with Crippen LogP contribution in [0.3, 0.4) is 0 Å². The van der Waals surface area contributed by atoms with Gasteiger partial charge in [-0.3, -0.25) is 9.69 Å². The van der Waals surface area contributed by atoms with Crippen molar-refractivity contribution in [3.63, 3.8) is 0 Å². The summed E-state index contributed by atoms with van der Waals surface area (Å²) in [6, 6.07) is 22.0. The first-order valence-electron chi connectivity index (χ1n) is 18.1. The van der Waals surface area contributed by atoms with Gasteiger partial charge in [-0.15, -0.1) is 0 Å². The van der Waals surface area contributed by atoms with Crippen LogP contribution in [0, 0.1) is 17.8 Å². The molecule has 264 valence electrons. The second-order valence-corrected chi connectivity index (χ2v) is 15.2. The fraction of sp³-hybridized carbons (Fsp3) is 0.537. The molecular weight excluding hydrogens is 655 g/mol. The molecule has 4 aliphatic rings. The zero-order valence-electron chi connectivity index (χ0n) is 29.5. The second kappa shape index (κ2) is 16.6. The maximum atomic E-state index is 12.9. The lowest BCUT2D eigenvalue weighted by molar-refractivity contribution is 0.0253. The van der Waals surface area contributed by atoms with E-state index in [1.54, 1.807) is 14.2 Å². The highest BCUT2D eigenvalue weighted by molar-refractivity contribution is 6.42. The molecule has 1 unspecified atom stereocenters. The number of carbonyl (C=O) groups is 1. The first-order valence-corrected chi connectivity index (χ1v) is 18.8. The summed E-state index contributed by atoms with van der Waals surface area (Å²) in [5.41, 5.74) is 4.63. The number of likely N-dealkylation sites (tertiary alicyclic amines) is 1. The Morgan fingerprint density at radius 2 is 1.61 bits per heavy atom. The molecule has 1 aliphatic carbocycles. The third-order valence-corrected chi connectivity index (χ3v) is 12.3. The minimum absolute atomic E-state index is 0.109. The summed E-state index contributed by atoms with van der Waals surface area (Å²) in [6.07, 6.45) is 7.98. The lowest BCUT2D eigenvalue weighted by Gasteiger charge is -2.43. The highest BCUT2D eigenvalue weighted by Gasteiger charge is 2.46. The standard InChI is InChI=1S/C24H29NO3.C17H23Cl2NO/c1-27-22-14-19-13-20(24(26)21(19)15-23(22)28-2)12-17-8-10-25(11-9-17)16-18-6-4-3-5-7-18;1-3-21-10-14-13(9-12-5-7-17(14)20(12)2)11-4-6-15(18)16(19)8-11/h3-7,14-15,17,20H,8-13,16H2,1-2H3;4,6,8,12-14,17H,3,5,7,9-10H2,1-2H3/t;12-,13+,14+,17+/m.0/s1. The van der Waals surface area contributed by atoms with E-state index in [0.29, 0.717) is 51.4 Å². The van der Waals surface area contributed by atoms with Gasteiger partial charge in [-0.05, 0) is 125 Å². The molecule has 6 nitrogen and oxygen atoms in total. The van der Waals surface area contributed by atoms with Crippen LogP contribution >= 0.6 is 23.2 Å². The van der Waals surface area contributed by atoms with Crippen molar-refractivity contribution in [3.8, 4) is 11.5 Å². The van der Waals surface area contributed by atoms with E-state index in [1.807, 2.05) is 18.2 Å². The predicted molar refractivity (Wildman–Crippen MR) is 199 cm³/mol. The van der Waals surface area contributed by atoms with E-state index in [1.165, 1.54) is 43.2 Å². The van der Waals surface area contributed by atoms with Crippen LogP contribution < -0.4 is 9.47 Å². The molecule has 3 aromatic rings. The number of rotatable bonds is 10. The van der Waals surface area contributed by atoms with Gasteiger partial charge < -0.3 is 19.1 Å². The summed E-state index contributed by atoms with van der Waals surface area (Å²) < 4.78 is 16.6. The number of methoxy groups -OCH3 is 2. The van der Waals surface area contributed by atoms with Crippen LogP contribution in [0.5, 0.6) is 11.5 Å². The van der Waals surface area contributed by atoms with E-state index >= 15 is 0 Å². The van der Waals surface area contributed by atoms with E-state index in [2.05, 4.69) is 66.2 Å². The maximum Gasteiger partial charge on any atom is 0.166 e. The molecule has 3 heterocycles. The van der Waals surface area contributed by atoms with Gasteiger partial charge in [0, 0.05) is 42.6 Å². The molecular formula is C41H52Cl2N2O4. The molecule has 8 heteroatoms. The maximum absolute atomic E-state index is 12.9. The highest BCUT2D eigenvalue weighted by Crippen LogP contribution is 2.47. The van der Waals surface area contributed by atoms with Crippen molar-refractivity contribution in [3.05, 3.63) is 93.0 Å². The number of ether oxygens (including phenoxy) is 3. The molecule has 7 rings (SSSR count). The Morgan fingerprint density at radius 1 is 0.878 bits per heavy atom. The van der Waals surface area contributed by atoms with Crippen LogP contribution in [0.2, 0.25) is 10.0 Å². The molecule has 3 aromatic carbocycles. The lowest BCUT2D eigenvalue weighted by atomic mass is 9.76. The van der Waals surface area contributed by atoms with Gasteiger partial charge in [0.15, 0.2) is 17.3 Å². The first kappa shape index (κ1) is 36.2. The monoisotopic (exact) mass is 706 g/mol. The number of carbonyl (C=O) groups excluding carboxylic acids is 1. The Morgan fingerprint density at radius 3 is 2.31 bits per heavy atom. The number of ketones is 1. The van der Waals surface area contributed by atoms with Crippen LogP contribution in [0.1, 0.15) is 78.4 Å². The summed E-state index contributed by atoms with van der Waals surface area (Å²) in [6.45, 7) is 6.96. The summed E-state index contributed by atoms with van der Waals surface area (Å²) in [4.78, 5) is 18.0. The van der Waals surface area contributed by atoms with Gasteiger partial charge in [0.25, 0.3) is 0 Å². The molecule has 3 saturated heterocycles. The molecule has 0 amide bonds. The van der Waals surface area contributed by atoms with Gasteiger partial charge in [0.05, 0.1) is 30.9 Å². The van der Waals surface area contributed by atoms with Crippen molar-refractivity contribution in [2.45, 2.75) is 76.4 Å². The van der Waals surface area contributed by atoms with Gasteiger partial charge in [-0.2, -0.15) is 0 Å². The van der Waals surface area contributed by atoms with Crippen LogP contribution in [0.4, 0.5) is 0 Å². The number of benzene rings is 3. The van der Waals surface area contributed by atoms with E-state index in [-0.39, 0.29) is 11.7 Å². The molecule has 0 spiro atoms. The van der Waals surface area contributed by atoms with Crippen molar-refractivity contribution < 1.29 is 19.0 Å². The topological polar surface area (TPSA) is 51.2 Å². The minimum Gasteiger partial charge on any atom is -0.493 e. The Bertz CT molecular complexity index is 1560. The molecule has 2 bridgehead atoms. The van der Waals surface area contributed by atoms with Crippen molar-refractivity contribution in [1.82, 2.24) is 9.80 Å². The molecule has 0 N–H and O–H groups in total. The average Bonchev–Trinajstić information content (AvgIpc) is 3.55. The number of nitrogens with zero attached hydrogens (tertiary/aromatic N) is 2. The summed E-state index contributed by atoms with van der Waals surface area (Å²) in [7, 11) is 5.53. The molecule has 3 aliphatic heterocycles. The summed E-state index contributed by atoms with van der Waals surface area (Å²) in [5.74, 6) is 3.46. The molecule has 3 fully saturated rings. The molecule has 0 saturated carbocycles. The van der Waals surface area contributed by atoms with E-state index in [9.17, 15) is 4.79 Å². The Balaban J connectivity index is 0.000000177. The van der Waals surface area contributed by atoms with Crippen molar-refractivity contribution >= 4 is 29.0 Å². The van der Waals surface area contributed by atoms with E-state index in [4.69, 9.17) is 37.4 Å². The minimum atomic E-state index is 0.109. The number of hydrogen-bond acceptors (Lipinski definition) is 6. The zero-order chi connectivity index (χ0) is 34.5. The van der Waals surface area contributed by atoms with Gasteiger partial charge in [-0.1, -0.05) is 59.6 Å². The van der Waals surface area contributed by atoms with E-state index < -0.39 is 0 Å². The second-order valence-electron chi connectivity index (χ2n) is 14.4. The number of Topliss-reactive ketones (excluding diaryl/α,β-unsaturated/α-hetero) is 1. The lowest BCUT2D eigenvalue weighted by Crippen LogP contribution is -2.47. The quantitative estimate of drug-likeness (QED) is 0.210. The predicted octanol–water partition coefficient (Wildman–Crippen LogP) is 8.96. The highest BCUT2D eigenvalue weighted by atomic mass is 35.5.